The number of anilines is 1. The van der Waals surface area contributed by atoms with Gasteiger partial charge in [-0.3, -0.25) is 14.4 Å². The summed E-state index contributed by atoms with van der Waals surface area (Å²) in [6.45, 7) is 1.60. The minimum atomic E-state index is -0.464. The van der Waals surface area contributed by atoms with E-state index < -0.39 is 5.91 Å². The number of nitrogens with one attached hydrogen (secondary N) is 2. The lowest BCUT2D eigenvalue weighted by atomic mass is 9.97. The number of hydrogen-bond acceptors (Lipinski definition) is 3. The number of H-pyrrole nitrogens is 1. The Hall–Kier alpha value is -3.21. The zero-order valence-corrected chi connectivity index (χ0v) is 14.3. The van der Waals surface area contributed by atoms with Crippen LogP contribution in [0.2, 0.25) is 0 Å². The predicted molar refractivity (Wildman–Crippen MR) is 101 cm³/mol. The van der Waals surface area contributed by atoms with E-state index in [1.807, 2.05) is 24.3 Å². The highest BCUT2D eigenvalue weighted by atomic mass is 16.2. The number of aromatic nitrogens is 1. The summed E-state index contributed by atoms with van der Waals surface area (Å²) in [5.74, 6) is -0.432. The number of aryl methyl sites for hydroxylation is 1. The topological polar surface area (TPSA) is 79.0 Å². The molecule has 1 aromatic heterocycles. The number of ketones is 1. The molecule has 26 heavy (non-hydrogen) atoms. The molecule has 1 unspecified atom stereocenters. The highest BCUT2D eigenvalue weighted by Crippen LogP contribution is 2.35. The van der Waals surface area contributed by atoms with Crippen LogP contribution in [0.1, 0.15) is 40.7 Å². The number of aromatic amines is 1. The van der Waals surface area contributed by atoms with Crippen LogP contribution in [0, 0.1) is 0 Å². The first-order valence-corrected chi connectivity index (χ1v) is 8.59. The number of carbonyl (C=O) groups is 2. The van der Waals surface area contributed by atoms with E-state index in [1.54, 1.807) is 25.1 Å². The Morgan fingerprint density at radius 2 is 1.96 bits per heavy atom. The van der Waals surface area contributed by atoms with E-state index in [9.17, 15) is 14.4 Å². The van der Waals surface area contributed by atoms with Gasteiger partial charge in [-0.05, 0) is 55.2 Å². The number of rotatable bonds is 3. The molecule has 1 atom stereocenters. The summed E-state index contributed by atoms with van der Waals surface area (Å²) < 4.78 is 0. The molecule has 0 bridgehead atoms. The van der Waals surface area contributed by atoms with E-state index in [-0.39, 0.29) is 22.7 Å². The number of amides is 1. The van der Waals surface area contributed by atoms with E-state index in [0.717, 1.165) is 24.0 Å². The number of pyridine rings is 1. The number of hydrogen-bond donors (Lipinski definition) is 2. The zero-order valence-electron chi connectivity index (χ0n) is 14.3. The van der Waals surface area contributed by atoms with Crippen molar-refractivity contribution in [2.45, 2.75) is 25.7 Å². The summed E-state index contributed by atoms with van der Waals surface area (Å²) in [6, 6.07) is 12.7. The Morgan fingerprint density at radius 3 is 2.77 bits per heavy atom. The van der Waals surface area contributed by atoms with Gasteiger partial charge in [0.25, 0.3) is 5.91 Å². The molecule has 2 N–H and O–H groups in total. The summed E-state index contributed by atoms with van der Waals surface area (Å²) in [4.78, 5) is 39.9. The van der Waals surface area contributed by atoms with Gasteiger partial charge in [-0.15, -0.1) is 0 Å². The molecule has 1 heterocycles. The second kappa shape index (κ2) is 6.26. The van der Waals surface area contributed by atoms with E-state index in [4.69, 9.17) is 0 Å². The van der Waals surface area contributed by atoms with Crippen molar-refractivity contribution >= 4 is 28.3 Å². The van der Waals surface area contributed by atoms with Gasteiger partial charge >= 0.3 is 0 Å². The fraction of sp³-hybridized carbons (Fsp3) is 0.190. The molecule has 4 rings (SSSR count). The number of carbonyl (C=O) groups excluding carboxylic acids is 2. The molecular formula is C21H18N2O3. The molecule has 0 saturated carbocycles. The van der Waals surface area contributed by atoms with Gasteiger partial charge in [-0.25, -0.2) is 0 Å². The SMILES string of the molecule is CC(=O)C1CCc2ccc(NC(=O)c3c[nH]c4ccccc4c3=O)cc21. The first-order chi connectivity index (χ1) is 12.5. The highest BCUT2D eigenvalue weighted by molar-refractivity contribution is 6.05. The van der Waals surface area contributed by atoms with Crippen LogP contribution < -0.4 is 10.7 Å². The normalized spacial score (nSPS) is 15.7. The van der Waals surface area contributed by atoms with Crippen molar-refractivity contribution in [1.82, 2.24) is 4.98 Å². The van der Waals surface area contributed by atoms with Crippen molar-refractivity contribution in [2.75, 3.05) is 5.32 Å². The molecule has 0 spiro atoms. The van der Waals surface area contributed by atoms with E-state index in [1.165, 1.54) is 6.20 Å². The molecular weight excluding hydrogens is 328 g/mol. The molecule has 0 radical (unpaired) electrons. The van der Waals surface area contributed by atoms with Crippen molar-refractivity contribution in [3.8, 4) is 0 Å². The van der Waals surface area contributed by atoms with Gasteiger partial charge in [0.1, 0.15) is 11.3 Å². The minimum absolute atomic E-state index is 0.0623. The van der Waals surface area contributed by atoms with Crippen molar-refractivity contribution < 1.29 is 9.59 Å². The first-order valence-electron chi connectivity index (χ1n) is 8.59. The summed E-state index contributed by atoms with van der Waals surface area (Å²) >= 11 is 0. The lowest BCUT2D eigenvalue weighted by Gasteiger charge is -2.11. The summed E-state index contributed by atoms with van der Waals surface area (Å²) in [7, 11) is 0. The van der Waals surface area contributed by atoms with Gasteiger partial charge < -0.3 is 10.3 Å². The molecule has 130 valence electrons. The second-order valence-corrected chi connectivity index (χ2v) is 6.65. The Morgan fingerprint density at radius 1 is 1.15 bits per heavy atom. The van der Waals surface area contributed by atoms with Crippen molar-refractivity contribution in [3.63, 3.8) is 0 Å². The Kier molecular flexibility index (Phi) is 3.92. The zero-order chi connectivity index (χ0) is 18.3. The third kappa shape index (κ3) is 2.71. The van der Waals surface area contributed by atoms with Crippen LogP contribution >= 0.6 is 0 Å². The van der Waals surface area contributed by atoms with Crippen LogP contribution in [0.5, 0.6) is 0 Å². The molecule has 0 aliphatic heterocycles. The molecule has 0 fully saturated rings. The lowest BCUT2D eigenvalue weighted by Crippen LogP contribution is -2.22. The van der Waals surface area contributed by atoms with Crippen LogP contribution in [0.3, 0.4) is 0 Å². The standard InChI is InChI=1S/C21H18N2O3/c1-12(24)15-9-7-13-6-8-14(10-17(13)15)23-21(26)18-11-22-19-5-3-2-4-16(19)20(18)25/h2-6,8,10-11,15H,7,9H2,1H3,(H,22,25)(H,23,26). The van der Waals surface area contributed by atoms with Gasteiger partial charge in [0.15, 0.2) is 0 Å². The molecule has 1 amide bonds. The van der Waals surface area contributed by atoms with Crippen LogP contribution in [0.4, 0.5) is 5.69 Å². The summed E-state index contributed by atoms with van der Waals surface area (Å²) in [5.41, 5.74) is 3.16. The largest absolute Gasteiger partial charge is 0.360 e. The van der Waals surface area contributed by atoms with Gasteiger partial charge in [-0.1, -0.05) is 18.2 Å². The van der Waals surface area contributed by atoms with Crippen LogP contribution in [0.15, 0.2) is 53.5 Å². The predicted octanol–water partition coefficient (Wildman–Crippen LogP) is 3.40. The van der Waals surface area contributed by atoms with Crippen LogP contribution in [0.25, 0.3) is 10.9 Å². The van der Waals surface area contributed by atoms with E-state index in [2.05, 4.69) is 10.3 Å². The molecule has 2 aromatic carbocycles. The van der Waals surface area contributed by atoms with E-state index >= 15 is 0 Å². The molecule has 5 heteroatoms. The quantitative estimate of drug-likeness (QED) is 0.763. The number of Topliss-reactive ketones (excluding diaryl/α,β-unsaturated/α-hetero) is 1. The van der Waals surface area contributed by atoms with Crippen molar-refractivity contribution in [2.24, 2.45) is 0 Å². The maximum atomic E-state index is 12.6. The third-order valence-electron chi connectivity index (χ3n) is 5.01. The fourth-order valence-corrected chi connectivity index (χ4v) is 3.64. The van der Waals surface area contributed by atoms with Gasteiger partial charge in [0, 0.05) is 28.7 Å². The average Bonchev–Trinajstić information content (AvgIpc) is 3.05. The molecule has 0 saturated heterocycles. The lowest BCUT2D eigenvalue weighted by molar-refractivity contribution is -0.118. The van der Waals surface area contributed by atoms with Crippen LogP contribution in [-0.4, -0.2) is 16.7 Å². The van der Waals surface area contributed by atoms with Crippen molar-refractivity contribution in [3.05, 3.63) is 75.6 Å². The number of benzene rings is 2. The second-order valence-electron chi connectivity index (χ2n) is 6.65. The Balaban J connectivity index is 1.65. The van der Waals surface area contributed by atoms with Gasteiger partial charge in [0.05, 0.1) is 0 Å². The number of para-hydroxylation sites is 1. The van der Waals surface area contributed by atoms with E-state index in [0.29, 0.717) is 16.6 Å². The average molecular weight is 346 g/mol. The molecule has 1 aliphatic carbocycles. The molecule has 1 aliphatic rings. The molecule has 5 nitrogen and oxygen atoms in total. The fourth-order valence-electron chi connectivity index (χ4n) is 3.64. The highest BCUT2D eigenvalue weighted by Gasteiger charge is 2.26. The van der Waals surface area contributed by atoms with Crippen LogP contribution in [-0.2, 0) is 11.2 Å². The van der Waals surface area contributed by atoms with Gasteiger partial charge in [0.2, 0.25) is 5.43 Å². The van der Waals surface area contributed by atoms with Gasteiger partial charge in [-0.2, -0.15) is 0 Å². The summed E-state index contributed by atoms with van der Waals surface area (Å²) in [5, 5.41) is 3.26. The summed E-state index contributed by atoms with van der Waals surface area (Å²) in [6.07, 6.45) is 3.12. The smallest absolute Gasteiger partial charge is 0.261 e. The number of fused-ring (bicyclic) bond motifs is 2. The van der Waals surface area contributed by atoms with Crippen molar-refractivity contribution in [1.29, 1.82) is 0 Å². The third-order valence-corrected chi connectivity index (χ3v) is 5.01. The monoisotopic (exact) mass is 346 g/mol. The minimum Gasteiger partial charge on any atom is -0.360 e. The Bertz CT molecular complexity index is 1100. The first kappa shape index (κ1) is 16.3. The Labute approximate surface area is 150 Å². The molecule has 3 aromatic rings. The maximum Gasteiger partial charge on any atom is 0.261 e. The maximum absolute atomic E-state index is 12.6.